The quantitative estimate of drug-likeness (QED) is 0.327. The Hall–Kier alpha value is -1.46. The predicted molar refractivity (Wildman–Crippen MR) is 129 cm³/mol. The van der Waals surface area contributed by atoms with Crippen molar-refractivity contribution in [1.29, 1.82) is 0 Å². The number of aliphatic imine (C=N–C) groups is 1. The molecule has 8 nitrogen and oxygen atoms in total. The summed E-state index contributed by atoms with van der Waals surface area (Å²) in [5.74, 6) is 2.99. The molecule has 0 saturated carbocycles. The summed E-state index contributed by atoms with van der Waals surface area (Å²) in [5.41, 5.74) is 1.37. The summed E-state index contributed by atoms with van der Waals surface area (Å²) in [7, 11) is 6.77. The van der Waals surface area contributed by atoms with E-state index in [-0.39, 0.29) is 29.4 Å². The molecule has 2 aliphatic rings. The number of hydrogen-bond acceptors (Lipinski definition) is 6. The third kappa shape index (κ3) is 5.82. The van der Waals surface area contributed by atoms with Crippen LogP contribution in [0.15, 0.2) is 17.1 Å². The zero-order valence-corrected chi connectivity index (χ0v) is 21.0. The third-order valence-corrected chi connectivity index (χ3v) is 5.59. The SMILES string of the molecule is CN=C(NCC1(C)COC1)N1CCN(Cc2cc(OC)c(OC)c(OC)c2)CC1.I. The molecule has 170 valence electrons. The van der Waals surface area contributed by atoms with Gasteiger partial charge in [0.2, 0.25) is 5.75 Å². The van der Waals surface area contributed by atoms with Gasteiger partial charge in [-0.1, -0.05) is 6.92 Å². The van der Waals surface area contributed by atoms with Gasteiger partial charge in [0.1, 0.15) is 0 Å². The van der Waals surface area contributed by atoms with Gasteiger partial charge in [-0.3, -0.25) is 9.89 Å². The highest BCUT2D eigenvalue weighted by Crippen LogP contribution is 2.38. The predicted octanol–water partition coefficient (Wildman–Crippen LogP) is 2.06. The molecule has 30 heavy (non-hydrogen) atoms. The van der Waals surface area contributed by atoms with Crippen molar-refractivity contribution in [2.24, 2.45) is 10.4 Å². The zero-order valence-electron chi connectivity index (χ0n) is 18.7. The van der Waals surface area contributed by atoms with Crippen LogP contribution >= 0.6 is 24.0 Å². The summed E-state index contributed by atoms with van der Waals surface area (Å²) in [5, 5.41) is 3.52. The van der Waals surface area contributed by atoms with Crippen molar-refractivity contribution < 1.29 is 18.9 Å². The van der Waals surface area contributed by atoms with Crippen LogP contribution in [0.25, 0.3) is 0 Å². The van der Waals surface area contributed by atoms with E-state index in [0.29, 0.717) is 17.2 Å². The number of halogens is 1. The van der Waals surface area contributed by atoms with Crippen molar-refractivity contribution in [1.82, 2.24) is 15.1 Å². The van der Waals surface area contributed by atoms with Gasteiger partial charge in [-0.15, -0.1) is 24.0 Å². The number of rotatable bonds is 7. The van der Waals surface area contributed by atoms with Gasteiger partial charge in [0, 0.05) is 51.7 Å². The molecule has 0 unspecified atom stereocenters. The first-order valence-electron chi connectivity index (χ1n) is 10.1. The highest BCUT2D eigenvalue weighted by Gasteiger charge is 2.34. The maximum absolute atomic E-state index is 5.48. The number of hydrogen-bond donors (Lipinski definition) is 1. The molecule has 9 heteroatoms. The normalized spacial score (nSPS) is 18.8. The molecule has 3 rings (SSSR count). The van der Waals surface area contributed by atoms with E-state index < -0.39 is 0 Å². The van der Waals surface area contributed by atoms with E-state index in [1.54, 1.807) is 21.3 Å². The lowest BCUT2D eigenvalue weighted by atomic mass is 9.89. The Morgan fingerprint density at radius 1 is 1.07 bits per heavy atom. The first-order chi connectivity index (χ1) is 14.0. The Labute approximate surface area is 196 Å². The van der Waals surface area contributed by atoms with Crippen molar-refractivity contribution in [3.8, 4) is 17.2 Å². The smallest absolute Gasteiger partial charge is 0.203 e. The Balaban J connectivity index is 0.00000320. The molecule has 1 aromatic carbocycles. The molecule has 0 aliphatic carbocycles. The number of ether oxygens (including phenoxy) is 4. The van der Waals surface area contributed by atoms with Crippen LogP contribution in [0, 0.1) is 5.41 Å². The monoisotopic (exact) mass is 534 g/mol. The van der Waals surface area contributed by atoms with E-state index in [2.05, 4.69) is 27.0 Å². The second kappa shape index (κ2) is 11.2. The summed E-state index contributed by atoms with van der Waals surface area (Å²) in [6.45, 7) is 9.44. The van der Waals surface area contributed by atoms with Crippen LogP contribution in [-0.4, -0.2) is 90.1 Å². The Kier molecular flexibility index (Phi) is 9.30. The van der Waals surface area contributed by atoms with Crippen LogP contribution in [0.4, 0.5) is 0 Å². The highest BCUT2D eigenvalue weighted by molar-refractivity contribution is 14.0. The van der Waals surface area contributed by atoms with Crippen LogP contribution in [-0.2, 0) is 11.3 Å². The molecule has 2 fully saturated rings. The van der Waals surface area contributed by atoms with E-state index in [4.69, 9.17) is 18.9 Å². The summed E-state index contributed by atoms with van der Waals surface area (Å²) in [6.07, 6.45) is 0. The average molecular weight is 534 g/mol. The molecule has 2 heterocycles. The summed E-state index contributed by atoms with van der Waals surface area (Å²) in [4.78, 5) is 9.24. The van der Waals surface area contributed by atoms with E-state index in [0.717, 1.165) is 64.0 Å². The highest BCUT2D eigenvalue weighted by atomic mass is 127. The fraction of sp³-hybridized carbons (Fsp3) is 0.667. The standard InChI is InChI=1S/C21H34N4O4.HI/c1-21(14-29-15-21)13-23-20(22-2)25-8-6-24(7-9-25)12-16-10-17(26-3)19(28-5)18(11-16)27-4;/h10-11H,6-9,12-15H2,1-5H3,(H,22,23);1H. The van der Waals surface area contributed by atoms with Crippen LogP contribution in [0.5, 0.6) is 17.2 Å². The molecule has 2 aliphatic heterocycles. The Morgan fingerprint density at radius 3 is 2.10 bits per heavy atom. The van der Waals surface area contributed by atoms with Crippen molar-refractivity contribution in [3.63, 3.8) is 0 Å². The second-order valence-corrected chi connectivity index (χ2v) is 8.00. The molecular formula is C21H35IN4O4. The van der Waals surface area contributed by atoms with E-state index in [1.165, 1.54) is 0 Å². The fourth-order valence-electron chi connectivity index (χ4n) is 3.78. The number of methoxy groups -OCH3 is 3. The summed E-state index contributed by atoms with van der Waals surface area (Å²) >= 11 is 0. The van der Waals surface area contributed by atoms with Crippen molar-refractivity contribution in [2.75, 3.05) is 74.3 Å². The molecule has 0 bridgehead atoms. The molecule has 2 saturated heterocycles. The van der Waals surface area contributed by atoms with Gasteiger partial charge in [0.05, 0.1) is 34.5 Å². The Bertz CT molecular complexity index is 694. The van der Waals surface area contributed by atoms with E-state index in [9.17, 15) is 0 Å². The van der Waals surface area contributed by atoms with Gasteiger partial charge in [-0.05, 0) is 17.7 Å². The van der Waals surface area contributed by atoms with Crippen LogP contribution in [0.3, 0.4) is 0 Å². The molecule has 0 amide bonds. The van der Waals surface area contributed by atoms with Crippen LogP contribution in [0.2, 0.25) is 0 Å². The molecule has 1 aromatic rings. The maximum Gasteiger partial charge on any atom is 0.203 e. The number of guanidine groups is 1. The number of piperazine rings is 1. The fourth-order valence-corrected chi connectivity index (χ4v) is 3.78. The van der Waals surface area contributed by atoms with Gasteiger partial charge in [-0.25, -0.2) is 0 Å². The lowest BCUT2D eigenvalue weighted by Gasteiger charge is -2.41. The first-order valence-corrected chi connectivity index (χ1v) is 10.1. The van der Waals surface area contributed by atoms with Crippen LogP contribution in [0.1, 0.15) is 12.5 Å². The molecule has 0 aromatic heterocycles. The molecule has 0 radical (unpaired) electrons. The van der Waals surface area contributed by atoms with Gasteiger partial charge in [-0.2, -0.15) is 0 Å². The lowest BCUT2D eigenvalue weighted by Crippen LogP contribution is -2.55. The van der Waals surface area contributed by atoms with Gasteiger partial charge >= 0.3 is 0 Å². The minimum atomic E-state index is 0. The van der Waals surface area contributed by atoms with Crippen molar-refractivity contribution in [3.05, 3.63) is 17.7 Å². The van der Waals surface area contributed by atoms with E-state index in [1.807, 2.05) is 19.2 Å². The molecule has 0 atom stereocenters. The second-order valence-electron chi connectivity index (χ2n) is 8.00. The molecule has 1 N–H and O–H groups in total. The lowest BCUT2D eigenvalue weighted by molar-refractivity contribution is -0.0973. The topological polar surface area (TPSA) is 67.8 Å². The number of benzene rings is 1. The largest absolute Gasteiger partial charge is 0.493 e. The van der Waals surface area contributed by atoms with Crippen molar-refractivity contribution >= 4 is 29.9 Å². The first kappa shape index (κ1) is 24.8. The van der Waals surface area contributed by atoms with Crippen LogP contribution < -0.4 is 19.5 Å². The van der Waals surface area contributed by atoms with Gasteiger partial charge < -0.3 is 29.2 Å². The third-order valence-electron chi connectivity index (χ3n) is 5.59. The zero-order chi connectivity index (χ0) is 20.9. The summed E-state index contributed by atoms with van der Waals surface area (Å²) in [6, 6.07) is 4.05. The molecular weight excluding hydrogens is 499 g/mol. The van der Waals surface area contributed by atoms with Crippen molar-refractivity contribution in [2.45, 2.75) is 13.5 Å². The van der Waals surface area contributed by atoms with Gasteiger partial charge in [0.15, 0.2) is 17.5 Å². The maximum atomic E-state index is 5.48. The Morgan fingerprint density at radius 2 is 1.67 bits per heavy atom. The minimum absolute atomic E-state index is 0. The summed E-state index contributed by atoms with van der Waals surface area (Å²) < 4.78 is 21.7. The minimum Gasteiger partial charge on any atom is -0.493 e. The average Bonchev–Trinajstić information content (AvgIpc) is 2.73. The number of nitrogens with one attached hydrogen (secondary N) is 1. The molecule has 0 spiro atoms. The number of nitrogens with zero attached hydrogens (tertiary/aromatic N) is 3. The van der Waals surface area contributed by atoms with Gasteiger partial charge in [0.25, 0.3) is 0 Å². The van der Waals surface area contributed by atoms with E-state index >= 15 is 0 Å².